The second kappa shape index (κ2) is 2.33. The Morgan fingerprint density at radius 2 is 1.67 bits per heavy atom. The van der Waals surface area contributed by atoms with Crippen LogP contribution in [0.3, 0.4) is 0 Å². The highest BCUT2D eigenvalue weighted by atomic mass is 28.1. The Kier molecular flexibility index (Phi) is 2.39. The first-order valence-electron chi connectivity index (χ1n) is 2.00. The van der Waals surface area contributed by atoms with E-state index >= 15 is 0 Å². The van der Waals surface area contributed by atoms with Crippen molar-refractivity contribution in [2.24, 2.45) is 0 Å². The van der Waals surface area contributed by atoms with Gasteiger partial charge in [-0.05, 0) is 6.92 Å². The lowest BCUT2D eigenvalue weighted by Crippen LogP contribution is -2.21. The van der Waals surface area contributed by atoms with E-state index in [0.717, 1.165) is 0 Å². The third-order valence-electron chi connectivity index (χ3n) is 0.698. The molecular formula is C3H10O2Si. The van der Waals surface area contributed by atoms with Crippen LogP contribution in [0.4, 0.5) is 0 Å². The van der Waals surface area contributed by atoms with Gasteiger partial charge in [0.1, 0.15) is 0 Å². The Hall–Kier alpha value is 0.137. The van der Waals surface area contributed by atoms with Gasteiger partial charge in [-0.2, -0.15) is 0 Å². The predicted octanol–water partition coefficient (Wildman–Crippen LogP) is -1.95. The summed E-state index contributed by atoms with van der Waals surface area (Å²) in [5, 5.41) is 16.9. The highest BCUT2D eigenvalue weighted by molar-refractivity contribution is 6.11. The van der Waals surface area contributed by atoms with E-state index < -0.39 is 11.8 Å². The smallest absolute Gasteiger partial charge is 0.0731 e. The Morgan fingerprint density at radius 1 is 1.50 bits per heavy atom. The van der Waals surface area contributed by atoms with Crippen LogP contribution in [-0.4, -0.2) is 32.3 Å². The van der Waals surface area contributed by atoms with Crippen molar-refractivity contribution < 1.29 is 10.2 Å². The highest BCUT2D eigenvalue weighted by Crippen LogP contribution is 1.81. The van der Waals surface area contributed by atoms with Crippen molar-refractivity contribution in [2.75, 3.05) is 0 Å². The van der Waals surface area contributed by atoms with Crippen LogP contribution in [0.15, 0.2) is 0 Å². The molecule has 2 nitrogen and oxygen atoms in total. The van der Waals surface area contributed by atoms with Crippen molar-refractivity contribution in [3.05, 3.63) is 0 Å². The van der Waals surface area contributed by atoms with Crippen LogP contribution in [0.25, 0.3) is 0 Å². The monoisotopic (exact) mass is 106 g/mol. The average molecular weight is 106 g/mol. The topological polar surface area (TPSA) is 40.5 Å². The molecule has 0 radical (unpaired) electrons. The zero-order valence-electron chi connectivity index (χ0n) is 4.05. The first-order valence-corrected chi connectivity index (χ1v) is 3.16. The summed E-state index contributed by atoms with van der Waals surface area (Å²) in [7, 11) is 0.659. The van der Waals surface area contributed by atoms with Gasteiger partial charge in [0.25, 0.3) is 0 Å². The van der Waals surface area contributed by atoms with Crippen LogP contribution >= 0.6 is 0 Å². The van der Waals surface area contributed by atoms with E-state index in [-0.39, 0.29) is 0 Å². The number of hydrogen-bond donors (Lipinski definition) is 2. The summed E-state index contributed by atoms with van der Waals surface area (Å²) in [6, 6.07) is 0. The van der Waals surface area contributed by atoms with E-state index in [9.17, 15) is 0 Å². The van der Waals surface area contributed by atoms with Gasteiger partial charge in [-0.25, -0.2) is 0 Å². The van der Waals surface area contributed by atoms with Crippen LogP contribution in [-0.2, 0) is 0 Å². The molecule has 0 fully saturated rings. The average Bonchev–Trinajstić information content (AvgIpc) is 1.36. The first-order chi connectivity index (χ1) is 2.64. The van der Waals surface area contributed by atoms with Gasteiger partial charge in [0.15, 0.2) is 0 Å². The molecule has 0 aliphatic rings. The summed E-state index contributed by atoms with van der Waals surface area (Å²) in [6.45, 7) is 1.58. The minimum Gasteiger partial charge on any atom is -0.395 e. The van der Waals surface area contributed by atoms with Crippen LogP contribution in [0, 0.1) is 0 Å². The van der Waals surface area contributed by atoms with Gasteiger partial charge in [-0.1, -0.05) is 0 Å². The van der Waals surface area contributed by atoms with Crippen molar-refractivity contribution in [1.82, 2.24) is 0 Å². The molecule has 2 N–H and O–H groups in total. The highest BCUT2D eigenvalue weighted by Gasteiger charge is 1.99. The van der Waals surface area contributed by atoms with Crippen LogP contribution in [0.1, 0.15) is 6.92 Å². The Balaban J connectivity index is 2.99. The second-order valence-electron chi connectivity index (χ2n) is 1.48. The van der Waals surface area contributed by atoms with Gasteiger partial charge in [0, 0.05) is 10.2 Å². The molecule has 6 heavy (non-hydrogen) atoms. The molecule has 0 aromatic rings. The molecule has 0 saturated carbocycles. The van der Waals surface area contributed by atoms with Crippen LogP contribution in [0.2, 0.25) is 0 Å². The molecular weight excluding hydrogens is 96.1 g/mol. The summed E-state index contributed by atoms with van der Waals surface area (Å²) in [5.41, 5.74) is -0.454. The van der Waals surface area contributed by atoms with E-state index in [1.807, 2.05) is 0 Å². The van der Waals surface area contributed by atoms with Crippen LogP contribution < -0.4 is 0 Å². The SMILES string of the molecule is CC(O)C(O)[SiH3]. The molecule has 0 aromatic heterocycles. The fraction of sp³-hybridized carbons (Fsp3) is 1.00. The zero-order valence-corrected chi connectivity index (χ0v) is 6.05. The van der Waals surface area contributed by atoms with Gasteiger partial charge in [0.05, 0.1) is 11.8 Å². The molecule has 38 valence electrons. The van der Waals surface area contributed by atoms with Crippen molar-refractivity contribution >= 4 is 10.2 Å². The molecule has 0 saturated heterocycles. The molecule has 0 bridgehead atoms. The molecule has 0 amide bonds. The second-order valence-corrected chi connectivity index (χ2v) is 2.66. The van der Waals surface area contributed by atoms with Gasteiger partial charge < -0.3 is 10.2 Å². The maximum atomic E-state index is 8.44. The zero-order chi connectivity index (χ0) is 5.15. The third kappa shape index (κ3) is 2.38. The lowest BCUT2D eigenvalue weighted by Gasteiger charge is -2.03. The summed E-state index contributed by atoms with van der Waals surface area (Å²) in [4.78, 5) is 0. The summed E-state index contributed by atoms with van der Waals surface area (Å²) >= 11 is 0. The maximum absolute atomic E-state index is 8.44. The minimum absolute atomic E-state index is 0.454. The van der Waals surface area contributed by atoms with Gasteiger partial charge in [0.2, 0.25) is 0 Å². The van der Waals surface area contributed by atoms with E-state index in [1.54, 1.807) is 6.92 Å². The standard InChI is InChI=1S/C3H10O2Si/c1-2(4)3(5)6/h2-5H,1,6H3. The summed E-state index contributed by atoms with van der Waals surface area (Å²) in [5.74, 6) is 0. The van der Waals surface area contributed by atoms with E-state index in [2.05, 4.69) is 0 Å². The molecule has 0 aromatic carbocycles. The summed E-state index contributed by atoms with van der Waals surface area (Å²) in [6.07, 6.45) is -0.531. The van der Waals surface area contributed by atoms with Gasteiger partial charge in [-0.15, -0.1) is 0 Å². The van der Waals surface area contributed by atoms with E-state index in [4.69, 9.17) is 10.2 Å². The molecule has 0 heterocycles. The lowest BCUT2D eigenvalue weighted by atomic mass is 10.4. The van der Waals surface area contributed by atoms with Gasteiger partial charge >= 0.3 is 0 Å². The molecule has 0 aliphatic carbocycles. The Labute approximate surface area is 40.2 Å². The normalized spacial score (nSPS) is 20.5. The fourth-order valence-electron chi connectivity index (χ4n) is 0. The van der Waals surface area contributed by atoms with Gasteiger partial charge in [-0.3, -0.25) is 0 Å². The molecule has 0 aliphatic heterocycles. The van der Waals surface area contributed by atoms with Crippen molar-refractivity contribution in [2.45, 2.75) is 18.8 Å². The first kappa shape index (κ1) is 6.14. The predicted molar refractivity (Wildman–Crippen MR) is 27.6 cm³/mol. The quantitative estimate of drug-likeness (QED) is 0.381. The van der Waals surface area contributed by atoms with Crippen molar-refractivity contribution in [3.63, 3.8) is 0 Å². The molecule has 2 unspecified atom stereocenters. The largest absolute Gasteiger partial charge is 0.395 e. The van der Waals surface area contributed by atoms with Crippen LogP contribution in [0.5, 0.6) is 0 Å². The number of aliphatic hydroxyl groups excluding tert-OH is 2. The van der Waals surface area contributed by atoms with E-state index in [0.29, 0.717) is 10.2 Å². The maximum Gasteiger partial charge on any atom is 0.0731 e. The Bertz CT molecular complexity index is 29.8. The van der Waals surface area contributed by atoms with Crippen molar-refractivity contribution in [3.8, 4) is 0 Å². The minimum atomic E-state index is -0.531. The third-order valence-corrected chi connectivity index (χ3v) is 1.66. The molecule has 2 atom stereocenters. The fourth-order valence-corrected chi connectivity index (χ4v) is 0. The number of aliphatic hydroxyl groups is 2. The molecule has 3 heteroatoms. The molecule has 0 spiro atoms. The Morgan fingerprint density at radius 3 is 1.67 bits per heavy atom. The number of hydrogen-bond acceptors (Lipinski definition) is 2. The summed E-state index contributed by atoms with van der Waals surface area (Å²) < 4.78 is 0. The molecule has 0 rings (SSSR count). The lowest BCUT2D eigenvalue weighted by molar-refractivity contribution is 0.0822. The number of rotatable bonds is 1. The van der Waals surface area contributed by atoms with Crippen molar-refractivity contribution in [1.29, 1.82) is 0 Å². The van der Waals surface area contributed by atoms with E-state index in [1.165, 1.54) is 0 Å².